The zero-order valence-corrected chi connectivity index (χ0v) is 8.55. The minimum Gasteiger partial charge on any atom is -0.375 e. The van der Waals surface area contributed by atoms with Crippen molar-refractivity contribution in [3.63, 3.8) is 0 Å². The molecule has 0 amide bonds. The van der Waals surface area contributed by atoms with Crippen LogP contribution in [0.15, 0.2) is 18.3 Å². The van der Waals surface area contributed by atoms with Crippen LogP contribution in [-0.4, -0.2) is 11.6 Å². The Balaban J connectivity index is 2.28. The van der Waals surface area contributed by atoms with E-state index in [0.717, 1.165) is 25.1 Å². The number of aromatic nitrogens is 1. The van der Waals surface area contributed by atoms with Crippen molar-refractivity contribution in [1.29, 1.82) is 0 Å². The van der Waals surface area contributed by atoms with Crippen molar-refractivity contribution < 1.29 is 4.74 Å². The van der Waals surface area contributed by atoms with Crippen molar-refractivity contribution in [3.05, 3.63) is 29.0 Å². The smallest absolute Gasteiger partial charge is 0.0888 e. The number of unbranched alkanes of at least 4 members (excludes halogenated alkanes) is 1. The normalized spacial score (nSPS) is 10.3. The van der Waals surface area contributed by atoms with Crippen molar-refractivity contribution >= 4 is 11.6 Å². The number of ether oxygens (including phenoxy) is 1. The molecule has 72 valence electrons. The monoisotopic (exact) mass is 199 g/mol. The van der Waals surface area contributed by atoms with E-state index in [2.05, 4.69) is 11.9 Å². The molecule has 0 fully saturated rings. The van der Waals surface area contributed by atoms with Crippen molar-refractivity contribution in [2.75, 3.05) is 6.61 Å². The molecule has 0 saturated heterocycles. The molecule has 0 saturated carbocycles. The number of rotatable bonds is 5. The van der Waals surface area contributed by atoms with Crippen LogP contribution in [0.2, 0.25) is 5.02 Å². The topological polar surface area (TPSA) is 22.1 Å². The standard InChI is InChI=1S/C10H14ClNO/c1-2-3-6-13-8-10-7-9(11)4-5-12-10/h4-5,7H,2-3,6,8H2,1H3. The predicted octanol–water partition coefficient (Wildman–Crippen LogP) is 3.05. The van der Waals surface area contributed by atoms with Gasteiger partial charge in [0.25, 0.3) is 0 Å². The molecule has 0 spiro atoms. The van der Waals surface area contributed by atoms with Crippen LogP contribution in [0.25, 0.3) is 0 Å². The van der Waals surface area contributed by atoms with E-state index in [-0.39, 0.29) is 0 Å². The molecule has 0 aliphatic heterocycles. The molecule has 1 rings (SSSR count). The molecular weight excluding hydrogens is 186 g/mol. The highest BCUT2D eigenvalue weighted by Crippen LogP contribution is 2.08. The summed E-state index contributed by atoms with van der Waals surface area (Å²) >= 11 is 5.79. The molecule has 1 heterocycles. The molecule has 1 aromatic rings. The Kier molecular flexibility index (Phi) is 4.79. The number of hydrogen-bond acceptors (Lipinski definition) is 2. The maximum Gasteiger partial charge on any atom is 0.0888 e. The maximum absolute atomic E-state index is 5.79. The molecule has 0 N–H and O–H groups in total. The van der Waals surface area contributed by atoms with Gasteiger partial charge in [0.05, 0.1) is 12.3 Å². The first-order valence-electron chi connectivity index (χ1n) is 4.51. The Morgan fingerprint density at radius 1 is 1.54 bits per heavy atom. The lowest BCUT2D eigenvalue weighted by Crippen LogP contribution is -1.96. The van der Waals surface area contributed by atoms with Crippen LogP contribution in [0, 0.1) is 0 Å². The van der Waals surface area contributed by atoms with Gasteiger partial charge in [-0.05, 0) is 18.6 Å². The van der Waals surface area contributed by atoms with E-state index in [0.29, 0.717) is 11.6 Å². The van der Waals surface area contributed by atoms with E-state index < -0.39 is 0 Å². The zero-order valence-electron chi connectivity index (χ0n) is 7.79. The Bertz CT molecular complexity index is 252. The predicted molar refractivity (Wildman–Crippen MR) is 53.8 cm³/mol. The second-order valence-electron chi connectivity index (χ2n) is 2.87. The molecule has 0 aliphatic carbocycles. The van der Waals surface area contributed by atoms with E-state index in [1.54, 1.807) is 12.3 Å². The summed E-state index contributed by atoms with van der Waals surface area (Å²) in [7, 11) is 0. The van der Waals surface area contributed by atoms with Crippen molar-refractivity contribution in [3.8, 4) is 0 Å². The van der Waals surface area contributed by atoms with E-state index >= 15 is 0 Å². The summed E-state index contributed by atoms with van der Waals surface area (Å²) in [5.41, 5.74) is 0.892. The lowest BCUT2D eigenvalue weighted by molar-refractivity contribution is 0.115. The molecule has 0 unspecified atom stereocenters. The first-order chi connectivity index (χ1) is 6.33. The number of pyridine rings is 1. The average molecular weight is 200 g/mol. The number of halogens is 1. The highest BCUT2D eigenvalue weighted by molar-refractivity contribution is 6.30. The van der Waals surface area contributed by atoms with Gasteiger partial charge in [0.1, 0.15) is 0 Å². The molecule has 0 atom stereocenters. The SMILES string of the molecule is CCCCOCc1cc(Cl)ccn1. The second kappa shape index (κ2) is 5.95. The number of hydrogen-bond donors (Lipinski definition) is 0. The lowest BCUT2D eigenvalue weighted by atomic mass is 10.3. The summed E-state index contributed by atoms with van der Waals surface area (Å²) < 4.78 is 5.39. The van der Waals surface area contributed by atoms with E-state index in [9.17, 15) is 0 Å². The van der Waals surface area contributed by atoms with Gasteiger partial charge in [-0.3, -0.25) is 4.98 Å². The number of nitrogens with zero attached hydrogens (tertiary/aromatic N) is 1. The van der Waals surface area contributed by atoms with Gasteiger partial charge in [-0.1, -0.05) is 24.9 Å². The summed E-state index contributed by atoms with van der Waals surface area (Å²) in [5.74, 6) is 0. The summed E-state index contributed by atoms with van der Waals surface area (Å²) in [4.78, 5) is 4.13. The molecule has 0 aliphatic rings. The van der Waals surface area contributed by atoms with Crippen LogP contribution in [0.3, 0.4) is 0 Å². The third kappa shape index (κ3) is 4.25. The Labute approximate surface area is 83.9 Å². The van der Waals surface area contributed by atoms with Gasteiger partial charge in [-0.2, -0.15) is 0 Å². The zero-order chi connectivity index (χ0) is 9.52. The largest absolute Gasteiger partial charge is 0.375 e. The highest BCUT2D eigenvalue weighted by atomic mass is 35.5. The van der Waals surface area contributed by atoms with Gasteiger partial charge in [0.2, 0.25) is 0 Å². The van der Waals surface area contributed by atoms with Gasteiger partial charge in [0.15, 0.2) is 0 Å². The fourth-order valence-corrected chi connectivity index (χ4v) is 1.13. The van der Waals surface area contributed by atoms with Gasteiger partial charge >= 0.3 is 0 Å². The van der Waals surface area contributed by atoms with Gasteiger partial charge in [0, 0.05) is 17.8 Å². The molecule has 0 radical (unpaired) electrons. The fraction of sp³-hybridized carbons (Fsp3) is 0.500. The molecule has 0 bridgehead atoms. The van der Waals surface area contributed by atoms with E-state index in [4.69, 9.17) is 16.3 Å². The van der Waals surface area contributed by atoms with E-state index in [1.807, 2.05) is 6.07 Å². The molecule has 2 nitrogen and oxygen atoms in total. The summed E-state index contributed by atoms with van der Waals surface area (Å²) in [5, 5.41) is 0.712. The highest BCUT2D eigenvalue weighted by Gasteiger charge is 1.95. The molecule has 3 heteroatoms. The van der Waals surface area contributed by atoms with Crippen molar-refractivity contribution in [2.24, 2.45) is 0 Å². The molecule has 0 aromatic carbocycles. The first-order valence-corrected chi connectivity index (χ1v) is 4.89. The molecule has 1 aromatic heterocycles. The lowest BCUT2D eigenvalue weighted by Gasteiger charge is -2.02. The quantitative estimate of drug-likeness (QED) is 0.680. The van der Waals surface area contributed by atoms with Crippen LogP contribution in [-0.2, 0) is 11.3 Å². The average Bonchev–Trinajstić information content (AvgIpc) is 2.13. The second-order valence-corrected chi connectivity index (χ2v) is 3.31. The Morgan fingerprint density at radius 3 is 3.08 bits per heavy atom. The van der Waals surface area contributed by atoms with Gasteiger partial charge in [-0.15, -0.1) is 0 Å². The van der Waals surface area contributed by atoms with Crippen LogP contribution in [0.1, 0.15) is 25.5 Å². The van der Waals surface area contributed by atoms with Gasteiger partial charge < -0.3 is 4.74 Å². The van der Waals surface area contributed by atoms with E-state index in [1.165, 1.54) is 0 Å². The summed E-state index contributed by atoms with van der Waals surface area (Å²) in [6, 6.07) is 3.59. The van der Waals surface area contributed by atoms with Gasteiger partial charge in [-0.25, -0.2) is 0 Å². The maximum atomic E-state index is 5.79. The minimum atomic E-state index is 0.556. The third-order valence-electron chi connectivity index (χ3n) is 1.67. The Morgan fingerprint density at radius 2 is 2.38 bits per heavy atom. The summed E-state index contributed by atoms with van der Waals surface area (Å²) in [6.07, 6.45) is 3.95. The van der Waals surface area contributed by atoms with Crippen molar-refractivity contribution in [2.45, 2.75) is 26.4 Å². The van der Waals surface area contributed by atoms with Crippen LogP contribution in [0.4, 0.5) is 0 Å². The summed E-state index contributed by atoms with van der Waals surface area (Å²) in [6.45, 7) is 3.49. The molecule has 13 heavy (non-hydrogen) atoms. The third-order valence-corrected chi connectivity index (χ3v) is 1.91. The van der Waals surface area contributed by atoms with Crippen molar-refractivity contribution in [1.82, 2.24) is 4.98 Å². The van der Waals surface area contributed by atoms with Crippen LogP contribution in [0.5, 0.6) is 0 Å². The first kappa shape index (κ1) is 10.5. The van der Waals surface area contributed by atoms with Crippen LogP contribution >= 0.6 is 11.6 Å². The van der Waals surface area contributed by atoms with Crippen LogP contribution < -0.4 is 0 Å². The minimum absolute atomic E-state index is 0.556. The Hall–Kier alpha value is -0.600. The molecular formula is C10H14ClNO. The fourth-order valence-electron chi connectivity index (χ4n) is 0.951.